The Kier molecular flexibility index (Phi) is 3.96. The number of nitrogens with zero attached hydrogens (tertiary/aromatic N) is 2. The predicted molar refractivity (Wildman–Crippen MR) is 82.1 cm³/mol. The van der Waals surface area contributed by atoms with Gasteiger partial charge in [0.1, 0.15) is 17.0 Å². The highest BCUT2D eigenvalue weighted by molar-refractivity contribution is 6.00. The number of amides is 1. The van der Waals surface area contributed by atoms with Crippen LogP contribution in [0, 0.1) is 6.92 Å². The standard InChI is InChI=1S/C17H15N3O2/c1-12-15(16(20-22-12)14-5-3-2-4-6-14)17(21)19-11-13-7-9-18-10-8-13/h2-10H,11H2,1H3,(H,19,21). The molecule has 5 nitrogen and oxygen atoms in total. The maximum absolute atomic E-state index is 12.5. The maximum Gasteiger partial charge on any atom is 0.257 e. The number of aromatic nitrogens is 2. The molecule has 1 aromatic carbocycles. The van der Waals surface area contributed by atoms with Gasteiger partial charge in [0, 0.05) is 24.5 Å². The second-order valence-electron chi connectivity index (χ2n) is 4.87. The smallest absolute Gasteiger partial charge is 0.257 e. The Labute approximate surface area is 128 Å². The molecule has 1 N–H and O–H groups in total. The lowest BCUT2D eigenvalue weighted by atomic mass is 10.1. The highest BCUT2D eigenvalue weighted by Crippen LogP contribution is 2.24. The van der Waals surface area contributed by atoms with Crippen LogP contribution in [0.25, 0.3) is 11.3 Å². The van der Waals surface area contributed by atoms with Crippen LogP contribution in [0.3, 0.4) is 0 Å². The predicted octanol–water partition coefficient (Wildman–Crippen LogP) is 2.98. The van der Waals surface area contributed by atoms with Crippen LogP contribution in [-0.2, 0) is 6.54 Å². The van der Waals surface area contributed by atoms with E-state index in [9.17, 15) is 4.79 Å². The summed E-state index contributed by atoms with van der Waals surface area (Å²) >= 11 is 0. The molecule has 2 heterocycles. The number of rotatable bonds is 4. The number of carbonyl (C=O) groups excluding carboxylic acids is 1. The van der Waals surface area contributed by atoms with Gasteiger partial charge in [-0.05, 0) is 24.6 Å². The van der Waals surface area contributed by atoms with Gasteiger partial charge in [0.15, 0.2) is 0 Å². The third-order valence-corrected chi connectivity index (χ3v) is 3.34. The van der Waals surface area contributed by atoms with E-state index in [-0.39, 0.29) is 5.91 Å². The van der Waals surface area contributed by atoms with Crippen molar-refractivity contribution in [1.29, 1.82) is 0 Å². The zero-order valence-corrected chi connectivity index (χ0v) is 12.1. The van der Waals surface area contributed by atoms with E-state index in [1.54, 1.807) is 19.3 Å². The summed E-state index contributed by atoms with van der Waals surface area (Å²) < 4.78 is 5.20. The van der Waals surface area contributed by atoms with Crippen molar-refractivity contribution >= 4 is 5.91 Å². The lowest BCUT2D eigenvalue weighted by Crippen LogP contribution is -2.23. The summed E-state index contributed by atoms with van der Waals surface area (Å²) in [4.78, 5) is 16.4. The molecular formula is C17H15N3O2. The Balaban J connectivity index is 1.82. The minimum atomic E-state index is -0.200. The van der Waals surface area contributed by atoms with E-state index >= 15 is 0 Å². The van der Waals surface area contributed by atoms with Crippen molar-refractivity contribution in [3.63, 3.8) is 0 Å². The fourth-order valence-electron chi connectivity index (χ4n) is 2.20. The number of pyridine rings is 1. The Morgan fingerprint density at radius 2 is 1.86 bits per heavy atom. The fourth-order valence-corrected chi connectivity index (χ4v) is 2.20. The lowest BCUT2D eigenvalue weighted by molar-refractivity contribution is 0.0950. The van der Waals surface area contributed by atoms with Crippen LogP contribution < -0.4 is 5.32 Å². The van der Waals surface area contributed by atoms with E-state index in [4.69, 9.17) is 4.52 Å². The molecule has 0 spiro atoms. The van der Waals surface area contributed by atoms with Crippen LogP contribution >= 0.6 is 0 Å². The van der Waals surface area contributed by atoms with Crippen molar-refractivity contribution in [1.82, 2.24) is 15.5 Å². The van der Waals surface area contributed by atoms with E-state index in [2.05, 4.69) is 15.5 Å². The molecular weight excluding hydrogens is 278 g/mol. The van der Waals surface area contributed by atoms with Crippen LogP contribution in [0.1, 0.15) is 21.7 Å². The number of hydrogen-bond acceptors (Lipinski definition) is 4. The van der Waals surface area contributed by atoms with E-state index in [1.165, 1.54) is 0 Å². The van der Waals surface area contributed by atoms with Crippen molar-refractivity contribution in [2.75, 3.05) is 0 Å². The Bertz CT molecular complexity index is 767. The van der Waals surface area contributed by atoms with E-state index in [0.717, 1.165) is 11.1 Å². The monoisotopic (exact) mass is 293 g/mol. The molecule has 1 amide bonds. The molecule has 110 valence electrons. The molecule has 2 aromatic heterocycles. The first-order valence-electron chi connectivity index (χ1n) is 6.94. The Morgan fingerprint density at radius 1 is 1.14 bits per heavy atom. The summed E-state index contributed by atoms with van der Waals surface area (Å²) in [6.07, 6.45) is 3.39. The van der Waals surface area contributed by atoms with Crippen LogP contribution in [0.15, 0.2) is 59.4 Å². The summed E-state index contributed by atoms with van der Waals surface area (Å²) in [6.45, 7) is 2.17. The van der Waals surface area contributed by atoms with Crippen LogP contribution in [0.5, 0.6) is 0 Å². The molecule has 0 fully saturated rings. The first kappa shape index (κ1) is 14.0. The van der Waals surface area contributed by atoms with E-state index in [0.29, 0.717) is 23.6 Å². The molecule has 0 radical (unpaired) electrons. The largest absolute Gasteiger partial charge is 0.360 e. The molecule has 0 aliphatic rings. The van der Waals surface area contributed by atoms with Gasteiger partial charge in [-0.15, -0.1) is 0 Å². The van der Waals surface area contributed by atoms with Crippen molar-refractivity contribution in [2.24, 2.45) is 0 Å². The van der Waals surface area contributed by atoms with Gasteiger partial charge in [0.05, 0.1) is 0 Å². The molecule has 3 rings (SSSR count). The average Bonchev–Trinajstić information content (AvgIpc) is 2.96. The molecule has 5 heteroatoms. The molecule has 0 atom stereocenters. The van der Waals surface area contributed by atoms with Gasteiger partial charge >= 0.3 is 0 Å². The Morgan fingerprint density at radius 3 is 2.59 bits per heavy atom. The van der Waals surface area contributed by atoms with Crippen LogP contribution in [-0.4, -0.2) is 16.0 Å². The highest BCUT2D eigenvalue weighted by atomic mass is 16.5. The first-order chi connectivity index (χ1) is 10.8. The number of hydrogen-bond donors (Lipinski definition) is 1. The molecule has 0 bridgehead atoms. The number of nitrogens with one attached hydrogen (secondary N) is 1. The summed E-state index contributed by atoms with van der Waals surface area (Å²) in [5, 5.41) is 6.90. The highest BCUT2D eigenvalue weighted by Gasteiger charge is 2.21. The minimum Gasteiger partial charge on any atom is -0.360 e. The van der Waals surface area contributed by atoms with Crippen LogP contribution in [0.4, 0.5) is 0 Å². The molecule has 0 unspecified atom stereocenters. The molecule has 0 saturated heterocycles. The summed E-state index contributed by atoms with van der Waals surface area (Å²) in [7, 11) is 0. The molecule has 3 aromatic rings. The fraction of sp³-hybridized carbons (Fsp3) is 0.118. The number of carbonyl (C=O) groups is 1. The van der Waals surface area contributed by atoms with Gasteiger partial charge in [-0.25, -0.2) is 0 Å². The zero-order valence-electron chi connectivity index (χ0n) is 12.1. The molecule has 22 heavy (non-hydrogen) atoms. The van der Waals surface area contributed by atoms with Gasteiger partial charge in [0.25, 0.3) is 5.91 Å². The maximum atomic E-state index is 12.5. The molecule has 0 saturated carbocycles. The zero-order chi connectivity index (χ0) is 15.4. The molecule has 0 aliphatic heterocycles. The second-order valence-corrected chi connectivity index (χ2v) is 4.87. The average molecular weight is 293 g/mol. The third-order valence-electron chi connectivity index (χ3n) is 3.34. The number of aryl methyl sites for hydroxylation is 1. The van der Waals surface area contributed by atoms with Crippen molar-refractivity contribution in [3.05, 3.63) is 71.7 Å². The summed E-state index contributed by atoms with van der Waals surface area (Å²) in [5.74, 6) is 0.306. The van der Waals surface area contributed by atoms with E-state index in [1.807, 2.05) is 42.5 Å². The van der Waals surface area contributed by atoms with Gasteiger partial charge < -0.3 is 9.84 Å². The van der Waals surface area contributed by atoms with E-state index < -0.39 is 0 Å². The Hall–Kier alpha value is -2.95. The lowest BCUT2D eigenvalue weighted by Gasteiger charge is -2.05. The van der Waals surface area contributed by atoms with Crippen LogP contribution in [0.2, 0.25) is 0 Å². The van der Waals surface area contributed by atoms with Gasteiger partial charge in [-0.1, -0.05) is 35.5 Å². The van der Waals surface area contributed by atoms with Crippen molar-refractivity contribution in [2.45, 2.75) is 13.5 Å². The SMILES string of the molecule is Cc1onc(-c2ccccc2)c1C(=O)NCc1ccncc1. The topological polar surface area (TPSA) is 68.0 Å². The molecule has 0 aliphatic carbocycles. The van der Waals surface area contributed by atoms with Gasteiger partial charge in [-0.3, -0.25) is 9.78 Å². The van der Waals surface area contributed by atoms with Gasteiger partial charge in [0.2, 0.25) is 0 Å². The quantitative estimate of drug-likeness (QED) is 0.803. The number of benzene rings is 1. The first-order valence-corrected chi connectivity index (χ1v) is 6.94. The second kappa shape index (κ2) is 6.22. The van der Waals surface area contributed by atoms with Crippen molar-refractivity contribution in [3.8, 4) is 11.3 Å². The summed E-state index contributed by atoms with van der Waals surface area (Å²) in [5.41, 5.74) is 2.87. The van der Waals surface area contributed by atoms with Crippen molar-refractivity contribution < 1.29 is 9.32 Å². The minimum absolute atomic E-state index is 0.200. The normalized spacial score (nSPS) is 10.4. The third kappa shape index (κ3) is 2.88. The van der Waals surface area contributed by atoms with Gasteiger partial charge in [-0.2, -0.15) is 0 Å². The summed E-state index contributed by atoms with van der Waals surface area (Å²) in [6, 6.07) is 13.2.